The van der Waals surface area contributed by atoms with Gasteiger partial charge in [-0.05, 0) is 54.8 Å². The lowest BCUT2D eigenvalue weighted by molar-refractivity contribution is -0.126. The lowest BCUT2D eigenvalue weighted by atomic mass is 10.0. The molecule has 0 spiro atoms. The highest BCUT2D eigenvalue weighted by Crippen LogP contribution is 2.34. The van der Waals surface area contributed by atoms with Gasteiger partial charge in [-0.2, -0.15) is 0 Å². The van der Waals surface area contributed by atoms with Crippen molar-refractivity contribution >= 4 is 11.8 Å². The maximum Gasteiger partial charge on any atom is 0.255 e. The number of para-hydroxylation sites is 1. The number of fused-ring (bicyclic) bond motifs is 1. The van der Waals surface area contributed by atoms with Crippen LogP contribution in [0.2, 0.25) is 0 Å². The van der Waals surface area contributed by atoms with Gasteiger partial charge in [0, 0.05) is 17.2 Å². The predicted octanol–water partition coefficient (Wildman–Crippen LogP) is 5.05. The number of hydrogen-bond acceptors (Lipinski definition) is 5. The van der Waals surface area contributed by atoms with Crippen molar-refractivity contribution in [3.63, 3.8) is 0 Å². The molecule has 38 heavy (non-hydrogen) atoms. The van der Waals surface area contributed by atoms with Crippen LogP contribution in [-0.4, -0.2) is 43.1 Å². The number of benzene rings is 3. The van der Waals surface area contributed by atoms with E-state index in [4.69, 9.17) is 14.2 Å². The monoisotopic (exact) mass is 518 g/mol. The Balaban J connectivity index is 1.57. The van der Waals surface area contributed by atoms with Crippen LogP contribution in [-0.2, 0) is 11.3 Å². The van der Waals surface area contributed by atoms with Gasteiger partial charge in [-0.15, -0.1) is 0 Å². The van der Waals surface area contributed by atoms with Gasteiger partial charge < -0.3 is 24.4 Å². The summed E-state index contributed by atoms with van der Waals surface area (Å²) in [5.74, 6) is 0.555. The number of nitrogens with one attached hydrogen (secondary N) is 1. The molecular formula is C30H31FN2O5. The van der Waals surface area contributed by atoms with Crippen LogP contribution < -0.4 is 19.5 Å². The fraction of sp³-hybridized carbons (Fsp3) is 0.333. The molecule has 0 saturated heterocycles. The highest BCUT2D eigenvalue weighted by molar-refractivity contribution is 5.98. The minimum absolute atomic E-state index is 0.0444. The first-order valence-corrected chi connectivity index (χ1v) is 12.9. The van der Waals surface area contributed by atoms with Crippen LogP contribution in [0.3, 0.4) is 0 Å². The maximum atomic E-state index is 14.2. The van der Waals surface area contributed by atoms with Crippen molar-refractivity contribution in [1.82, 2.24) is 10.2 Å². The van der Waals surface area contributed by atoms with Crippen molar-refractivity contribution in [3.8, 4) is 17.2 Å². The lowest BCUT2D eigenvalue weighted by Crippen LogP contribution is -2.46. The molecule has 1 saturated carbocycles. The first-order valence-electron chi connectivity index (χ1n) is 12.9. The third kappa shape index (κ3) is 5.59. The zero-order valence-electron chi connectivity index (χ0n) is 21.3. The summed E-state index contributed by atoms with van der Waals surface area (Å²) in [5, 5.41) is 3.14. The molecule has 5 rings (SSSR count). The number of amides is 2. The molecule has 1 N–H and O–H groups in total. The van der Waals surface area contributed by atoms with E-state index in [-0.39, 0.29) is 24.4 Å². The molecule has 0 unspecified atom stereocenters. The Bertz CT molecular complexity index is 1290. The predicted molar refractivity (Wildman–Crippen MR) is 140 cm³/mol. The van der Waals surface area contributed by atoms with Gasteiger partial charge in [-0.1, -0.05) is 43.2 Å². The van der Waals surface area contributed by atoms with Crippen molar-refractivity contribution in [1.29, 1.82) is 0 Å². The third-order valence-electron chi connectivity index (χ3n) is 7.03. The van der Waals surface area contributed by atoms with Crippen LogP contribution in [0.4, 0.5) is 4.39 Å². The Morgan fingerprint density at radius 1 is 1.00 bits per heavy atom. The summed E-state index contributed by atoms with van der Waals surface area (Å²) in [6.07, 6.45) is 3.88. The molecule has 8 heteroatoms. The van der Waals surface area contributed by atoms with E-state index in [0.717, 1.165) is 31.2 Å². The molecule has 7 nitrogen and oxygen atoms in total. The van der Waals surface area contributed by atoms with E-state index in [0.29, 0.717) is 41.6 Å². The highest BCUT2D eigenvalue weighted by atomic mass is 19.1. The van der Waals surface area contributed by atoms with E-state index in [1.807, 2.05) is 24.3 Å². The lowest BCUT2D eigenvalue weighted by Gasteiger charge is -2.33. The fourth-order valence-corrected chi connectivity index (χ4v) is 5.11. The van der Waals surface area contributed by atoms with Gasteiger partial charge in [-0.3, -0.25) is 9.59 Å². The Morgan fingerprint density at radius 2 is 1.71 bits per heavy atom. The molecule has 1 aliphatic heterocycles. The maximum absolute atomic E-state index is 14.2. The summed E-state index contributed by atoms with van der Waals surface area (Å²) in [5.41, 5.74) is 1.61. The summed E-state index contributed by atoms with van der Waals surface area (Å²) >= 11 is 0. The number of carbonyl (C=O) groups excluding carboxylic acids is 2. The van der Waals surface area contributed by atoms with E-state index in [1.54, 1.807) is 37.4 Å². The van der Waals surface area contributed by atoms with Gasteiger partial charge in [-0.25, -0.2) is 4.39 Å². The van der Waals surface area contributed by atoms with Crippen molar-refractivity contribution in [2.24, 2.45) is 0 Å². The molecule has 0 radical (unpaired) electrons. The van der Waals surface area contributed by atoms with E-state index >= 15 is 0 Å². The number of hydrogen-bond donors (Lipinski definition) is 1. The molecule has 1 aliphatic carbocycles. The van der Waals surface area contributed by atoms with Crippen LogP contribution in [0, 0.1) is 5.82 Å². The first kappa shape index (κ1) is 25.6. The van der Waals surface area contributed by atoms with Crippen LogP contribution in [0.25, 0.3) is 0 Å². The second-order valence-electron chi connectivity index (χ2n) is 9.55. The first-order chi connectivity index (χ1) is 18.5. The molecule has 3 aromatic rings. The normalized spacial score (nSPS) is 15.5. The van der Waals surface area contributed by atoms with E-state index in [1.165, 1.54) is 17.0 Å². The van der Waals surface area contributed by atoms with Gasteiger partial charge in [0.15, 0.2) is 11.5 Å². The SMILES string of the molecule is COc1ccccc1CN(C(=O)c1ccc2c(c1)OCCO2)[C@@H](C(=O)NC1CCCC1)c1ccc(F)cc1. The van der Waals surface area contributed by atoms with Crippen molar-refractivity contribution < 1.29 is 28.2 Å². The molecule has 2 amide bonds. The summed E-state index contributed by atoms with van der Waals surface area (Å²) in [6, 6.07) is 17.2. The molecule has 1 fully saturated rings. The largest absolute Gasteiger partial charge is 0.496 e. The van der Waals surface area contributed by atoms with Gasteiger partial charge in [0.2, 0.25) is 5.91 Å². The smallest absolute Gasteiger partial charge is 0.255 e. The zero-order valence-corrected chi connectivity index (χ0v) is 21.3. The molecule has 1 atom stereocenters. The minimum Gasteiger partial charge on any atom is -0.496 e. The van der Waals surface area contributed by atoms with Gasteiger partial charge in [0.1, 0.15) is 30.8 Å². The molecule has 0 bridgehead atoms. The average Bonchev–Trinajstić information content (AvgIpc) is 3.46. The van der Waals surface area contributed by atoms with Crippen molar-refractivity contribution in [2.75, 3.05) is 20.3 Å². The van der Waals surface area contributed by atoms with Gasteiger partial charge in [0.05, 0.1) is 13.7 Å². The van der Waals surface area contributed by atoms with Crippen molar-refractivity contribution in [3.05, 3.63) is 89.2 Å². The number of carbonyl (C=O) groups is 2. The Hall–Kier alpha value is -4.07. The zero-order chi connectivity index (χ0) is 26.5. The van der Waals surface area contributed by atoms with E-state index in [9.17, 15) is 14.0 Å². The Kier molecular flexibility index (Phi) is 7.77. The number of ether oxygens (including phenoxy) is 3. The fourth-order valence-electron chi connectivity index (χ4n) is 5.11. The highest BCUT2D eigenvalue weighted by Gasteiger charge is 2.34. The van der Waals surface area contributed by atoms with Crippen LogP contribution in [0.1, 0.15) is 53.2 Å². The van der Waals surface area contributed by atoms with E-state index in [2.05, 4.69) is 5.32 Å². The molecular weight excluding hydrogens is 487 g/mol. The minimum atomic E-state index is -0.998. The quantitative estimate of drug-likeness (QED) is 0.452. The molecule has 3 aromatic carbocycles. The van der Waals surface area contributed by atoms with Crippen LogP contribution in [0.5, 0.6) is 17.2 Å². The number of methoxy groups -OCH3 is 1. The summed E-state index contributed by atoms with van der Waals surface area (Å²) in [6.45, 7) is 0.920. The second-order valence-corrected chi connectivity index (χ2v) is 9.55. The molecule has 0 aromatic heterocycles. The summed E-state index contributed by atoms with van der Waals surface area (Å²) < 4.78 is 30.8. The van der Waals surface area contributed by atoms with Gasteiger partial charge in [0.25, 0.3) is 5.91 Å². The standard InChI is InChI=1S/C30H31FN2O5/c1-36-25-9-5-2-6-22(25)19-33(30(35)21-12-15-26-27(18-21)38-17-16-37-26)28(20-10-13-23(31)14-11-20)29(34)32-24-7-3-4-8-24/h2,5-6,9-15,18,24,28H,3-4,7-8,16-17,19H2,1H3,(H,32,34)/t28-/m1/s1. The Labute approximate surface area is 221 Å². The number of nitrogens with zero attached hydrogens (tertiary/aromatic N) is 1. The summed E-state index contributed by atoms with van der Waals surface area (Å²) in [4.78, 5) is 29.6. The number of rotatable bonds is 8. The topological polar surface area (TPSA) is 77.1 Å². The summed E-state index contributed by atoms with van der Waals surface area (Å²) in [7, 11) is 1.57. The number of halogens is 1. The van der Waals surface area contributed by atoms with Crippen molar-refractivity contribution in [2.45, 2.75) is 44.3 Å². The second kappa shape index (κ2) is 11.5. The average molecular weight is 519 g/mol. The van der Waals surface area contributed by atoms with Crippen LogP contribution >= 0.6 is 0 Å². The third-order valence-corrected chi connectivity index (χ3v) is 7.03. The Morgan fingerprint density at radius 3 is 2.45 bits per heavy atom. The molecule has 2 aliphatic rings. The molecule has 198 valence electrons. The molecule has 1 heterocycles. The van der Waals surface area contributed by atoms with Crippen LogP contribution in [0.15, 0.2) is 66.7 Å². The van der Waals surface area contributed by atoms with E-state index < -0.39 is 11.9 Å². The van der Waals surface area contributed by atoms with Gasteiger partial charge >= 0.3 is 0 Å².